The monoisotopic (exact) mass is 293 g/mol. The molecule has 1 N–H and O–H groups in total. The lowest BCUT2D eigenvalue weighted by atomic mass is 9.73. The molecule has 2 heterocycles. The quantitative estimate of drug-likeness (QED) is 0.812. The zero-order valence-corrected chi connectivity index (χ0v) is 14.1. The van der Waals surface area contributed by atoms with Crippen molar-refractivity contribution in [3.8, 4) is 0 Å². The van der Waals surface area contributed by atoms with Gasteiger partial charge in [-0.05, 0) is 63.7 Å². The van der Waals surface area contributed by atoms with Gasteiger partial charge in [-0.2, -0.15) is 0 Å². The van der Waals surface area contributed by atoms with E-state index in [1.807, 2.05) is 0 Å². The van der Waals surface area contributed by atoms with Gasteiger partial charge in [0.1, 0.15) is 0 Å². The summed E-state index contributed by atoms with van der Waals surface area (Å²) in [5.41, 5.74) is 0.578. The fourth-order valence-electron chi connectivity index (χ4n) is 4.92. The topological polar surface area (TPSA) is 18.5 Å². The van der Waals surface area contributed by atoms with Crippen LogP contribution in [0.5, 0.6) is 0 Å². The summed E-state index contributed by atoms with van der Waals surface area (Å²) in [5, 5.41) is 3.66. The maximum Gasteiger partial charge on any atom is 0.0235 e. The van der Waals surface area contributed by atoms with Crippen LogP contribution in [0.2, 0.25) is 0 Å². The van der Waals surface area contributed by atoms with Crippen LogP contribution in [0.25, 0.3) is 0 Å². The number of hydrogen-bond acceptors (Lipinski definition) is 3. The number of nitrogens with one attached hydrogen (secondary N) is 1. The number of nitrogens with zero attached hydrogens (tertiary/aromatic N) is 2. The van der Waals surface area contributed by atoms with Gasteiger partial charge in [-0.3, -0.25) is 4.90 Å². The molecule has 0 radical (unpaired) electrons. The molecule has 0 spiro atoms. The zero-order chi connectivity index (χ0) is 14.5. The van der Waals surface area contributed by atoms with Gasteiger partial charge in [0.2, 0.25) is 0 Å². The van der Waals surface area contributed by atoms with Crippen molar-refractivity contribution in [1.29, 1.82) is 0 Å². The third-order valence-electron chi connectivity index (χ3n) is 6.13. The Labute approximate surface area is 131 Å². The van der Waals surface area contributed by atoms with Crippen molar-refractivity contribution in [3.63, 3.8) is 0 Å². The summed E-state index contributed by atoms with van der Waals surface area (Å²) in [6, 6.07) is 0.868. The van der Waals surface area contributed by atoms with Crippen molar-refractivity contribution >= 4 is 0 Å². The highest BCUT2D eigenvalue weighted by Crippen LogP contribution is 2.37. The lowest BCUT2D eigenvalue weighted by Crippen LogP contribution is -2.45. The average Bonchev–Trinajstić information content (AvgIpc) is 3.17. The molecular formula is C18H35N3. The van der Waals surface area contributed by atoms with E-state index in [-0.39, 0.29) is 0 Å². The van der Waals surface area contributed by atoms with Crippen LogP contribution in [0.4, 0.5) is 0 Å². The van der Waals surface area contributed by atoms with E-state index in [1.165, 1.54) is 90.6 Å². The Hall–Kier alpha value is -0.120. The molecule has 2 saturated heterocycles. The smallest absolute Gasteiger partial charge is 0.0235 e. The molecule has 1 saturated carbocycles. The Morgan fingerprint density at radius 2 is 1.76 bits per heavy atom. The number of hydrogen-bond donors (Lipinski definition) is 1. The molecule has 122 valence electrons. The van der Waals surface area contributed by atoms with Crippen molar-refractivity contribution in [2.75, 3.05) is 45.8 Å². The first-order valence-electron chi connectivity index (χ1n) is 9.48. The molecule has 0 aromatic carbocycles. The molecule has 3 rings (SSSR count). The molecule has 1 aliphatic carbocycles. The largest absolute Gasteiger partial charge is 0.316 e. The second-order valence-corrected chi connectivity index (χ2v) is 7.76. The van der Waals surface area contributed by atoms with Crippen LogP contribution in [-0.4, -0.2) is 61.7 Å². The molecule has 0 amide bonds. The Morgan fingerprint density at radius 1 is 1.00 bits per heavy atom. The van der Waals surface area contributed by atoms with Gasteiger partial charge >= 0.3 is 0 Å². The Kier molecular flexibility index (Phi) is 5.58. The number of rotatable bonds is 6. The van der Waals surface area contributed by atoms with E-state index in [2.05, 4.69) is 22.0 Å². The van der Waals surface area contributed by atoms with Gasteiger partial charge < -0.3 is 10.2 Å². The van der Waals surface area contributed by atoms with Crippen LogP contribution in [0.3, 0.4) is 0 Å². The summed E-state index contributed by atoms with van der Waals surface area (Å²) < 4.78 is 0. The van der Waals surface area contributed by atoms with Crippen molar-refractivity contribution in [1.82, 2.24) is 15.1 Å². The third-order valence-corrected chi connectivity index (χ3v) is 6.13. The molecule has 21 heavy (non-hydrogen) atoms. The SMILES string of the molecule is CCNCC1(CN2CCC(N3CCCC3)C2)CCCCC1. The summed E-state index contributed by atoms with van der Waals surface area (Å²) in [7, 11) is 0. The number of likely N-dealkylation sites (tertiary alicyclic amines) is 2. The molecule has 3 nitrogen and oxygen atoms in total. The van der Waals surface area contributed by atoms with E-state index in [1.54, 1.807) is 0 Å². The Balaban J connectivity index is 1.53. The normalized spacial score (nSPS) is 31.0. The fourth-order valence-corrected chi connectivity index (χ4v) is 4.92. The van der Waals surface area contributed by atoms with Crippen molar-refractivity contribution in [3.05, 3.63) is 0 Å². The highest BCUT2D eigenvalue weighted by atomic mass is 15.3. The summed E-state index contributed by atoms with van der Waals surface area (Å²) in [6.45, 7) is 11.4. The van der Waals surface area contributed by atoms with Gasteiger partial charge in [0.05, 0.1) is 0 Å². The molecule has 2 aliphatic heterocycles. The maximum absolute atomic E-state index is 3.66. The van der Waals surface area contributed by atoms with Crippen molar-refractivity contribution in [2.45, 2.75) is 64.3 Å². The molecular weight excluding hydrogens is 258 g/mol. The van der Waals surface area contributed by atoms with Gasteiger partial charge in [-0.1, -0.05) is 26.2 Å². The van der Waals surface area contributed by atoms with Crippen molar-refractivity contribution in [2.24, 2.45) is 5.41 Å². The minimum absolute atomic E-state index is 0.578. The third kappa shape index (κ3) is 4.00. The fraction of sp³-hybridized carbons (Fsp3) is 1.00. The maximum atomic E-state index is 3.66. The summed E-state index contributed by atoms with van der Waals surface area (Å²) in [6.07, 6.45) is 11.5. The highest BCUT2D eigenvalue weighted by Gasteiger charge is 2.37. The van der Waals surface area contributed by atoms with Crippen LogP contribution < -0.4 is 5.32 Å². The van der Waals surface area contributed by atoms with Crippen LogP contribution in [0.15, 0.2) is 0 Å². The average molecular weight is 293 g/mol. The lowest BCUT2D eigenvalue weighted by molar-refractivity contribution is 0.111. The van der Waals surface area contributed by atoms with E-state index < -0.39 is 0 Å². The molecule has 1 atom stereocenters. The van der Waals surface area contributed by atoms with Gasteiger partial charge in [0.25, 0.3) is 0 Å². The summed E-state index contributed by atoms with van der Waals surface area (Å²) >= 11 is 0. The minimum atomic E-state index is 0.578. The first-order chi connectivity index (χ1) is 10.3. The van der Waals surface area contributed by atoms with E-state index in [4.69, 9.17) is 0 Å². The van der Waals surface area contributed by atoms with E-state index in [0.717, 1.165) is 12.6 Å². The van der Waals surface area contributed by atoms with Crippen LogP contribution in [0.1, 0.15) is 58.3 Å². The van der Waals surface area contributed by atoms with Crippen LogP contribution in [-0.2, 0) is 0 Å². The zero-order valence-electron chi connectivity index (χ0n) is 14.1. The molecule has 3 heteroatoms. The van der Waals surface area contributed by atoms with Crippen LogP contribution in [0, 0.1) is 5.41 Å². The summed E-state index contributed by atoms with van der Waals surface area (Å²) in [4.78, 5) is 5.56. The molecule has 0 aromatic rings. The van der Waals surface area contributed by atoms with Gasteiger partial charge in [0.15, 0.2) is 0 Å². The van der Waals surface area contributed by atoms with Gasteiger partial charge in [-0.25, -0.2) is 0 Å². The molecule has 3 aliphatic rings. The van der Waals surface area contributed by atoms with E-state index in [0.29, 0.717) is 5.41 Å². The molecule has 1 unspecified atom stereocenters. The van der Waals surface area contributed by atoms with Crippen molar-refractivity contribution < 1.29 is 0 Å². The molecule has 3 fully saturated rings. The highest BCUT2D eigenvalue weighted by molar-refractivity contribution is 4.92. The predicted molar refractivity (Wildman–Crippen MR) is 89.7 cm³/mol. The molecule has 0 bridgehead atoms. The lowest BCUT2D eigenvalue weighted by Gasteiger charge is -2.40. The summed E-state index contributed by atoms with van der Waals surface area (Å²) in [5.74, 6) is 0. The predicted octanol–water partition coefficient (Wildman–Crippen LogP) is 2.72. The second-order valence-electron chi connectivity index (χ2n) is 7.76. The van der Waals surface area contributed by atoms with E-state index >= 15 is 0 Å². The Morgan fingerprint density at radius 3 is 2.48 bits per heavy atom. The van der Waals surface area contributed by atoms with Gasteiger partial charge in [0, 0.05) is 25.7 Å². The van der Waals surface area contributed by atoms with E-state index in [9.17, 15) is 0 Å². The standard InChI is InChI=1S/C18H35N3/c1-2-19-15-18(9-4-3-5-10-18)16-20-13-8-17(14-20)21-11-6-7-12-21/h17,19H,2-16H2,1H3. The van der Waals surface area contributed by atoms with Crippen LogP contribution >= 0.6 is 0 Å². The second kappa shape index (κ2) is 7.43. The van der Waals surface area contributed by atoms with Gasteiger partial charge in [-0.15, -0.1) is 0 Å². The first kappa shape index (κ1) is 15.8. The Bertz CT molecular complexity index is 306. The molecule has 0 aromatic heterocycles. The first-order valence-corrected chi connectivity index (χ1v) is 9.48. The minimum Gasteiger partial charge on any atom is -0.316 e.